The van der Waals surface area contributed by atoms with Crippen LogP contribution in [0.25, 0.3) is 0 Å². The van der Waals surface area contributed by atoms with Crippen molar-refractivity contribution in [2.45, 2.75) is 13.0 Å². The molecule has 2 aromatic rings. The van der Waals surface area contributed by atoms with Crippen molar-refractivity contribution >= 4 is 39.1 Å². The highest BCUT2D eigenvalue weighted by atomic mass is 79.9. The third-order valence-corrected chi connectivity index (χ3v) is 4.38. The summed E-state index contributed by atoms with van der Waals surface area (Å²) >= 11 is 14.9. The van der Waals surface area contributed by atoms with Crippen molar-refractivity contribution in [3.63, 3.8) is 0 Å². The Morgan fingerprint density at radius 2 is 1.81 bits per heavy atom. The Hall–Kier alpha value is -0.680. The molecule has 1 unspecified atom stereocenters. The minimum absolute atomic E-state index is 0.0909. The molecule has 0 aliphatic rings. The van der Waals surface area contributed by atoms with Crippen LogP contribution >= 0.6 is 39.1 Å². The third kappa shape index (κ3) is 3.75. The van der Waals surface area contributed by atoms with Crippen LogP contribution in [0.5, 0.6) is 0 Å². The second kappa shape index (κ2) is 7.05. The Kier molecular flexibility index (Phi) is 5.60. The van der Waals surface area contributed by atoms with Gasteiger partial charge in [-0.1, -0.05) is 36.2 Å². The van der Waals surface area contributed by atoms with Gasteiger partial charge in [-0.2, -0.15) is 0 Å². The van der Waals surface area contributed by atoms with Gasteiger partial charge in [-0.05, 0) is 52.3 Å². The Bertz CT molecular complexity index is 664. The number of hydrogen-bond donors (Lipinski definition) is 1. The van der Waals surface area contributed by atoms with Crippen molar-refractivity contribution in [1.29, 1.82) is 0 Å². The zero-order valence-electron chi connectivity index (χ0n) is 11.1. The SMILES string of the molecule is CCNC(c1ccc(Cl)c(Cl)c1)c1cc(F)c(Br)cc1F. The molecule has 21 heavy (non-hydrogen) atoms. The molecular formula is C15H12BrCl2F2N. The molecule has 0 heterocycles. The van der Waals surface area contributed by atoms with Crippen molar-refractivity contribution in [2.75, 3.05) is 6.54 Å². The van der Waals surface area contributed by atoms with Crippen molar-refractivity contribution in [2.24, 2.45) is 0 Å². The molecule has 0 fully saturated rings. The number of rotatable bonds is 4. The van der Waals surface area contributed by atoms with E-state index in [-0.39, 0.29) is 10.0 Å². The highest BCUT2D eigenvalue weighted by Gasteiger charge is 2.20. The highest BCUT2D eigenvalue weighted by Crippen LogP contribution is 2.31. The largest absolute Gasteiger partial charge is 0.306 e. The van der Waals surface area contributed by atoms with Gasteiger partial charge in [-0.15, -0.1) is 0 Å². The molecule has 0 saturated carbocycles. The van der Waals surface area contributed by atoms with E-state index in [1.54, 1.807) is 18.2 Å². The van der Waals surface area contributed by atoms with Crippen LogP contribution in [0.3, 0.4) is 0 Å². The van der Waals surface area contributed by atoms with Gasteiger partial charge in [0.15, 0.2) is 0 Å². The van der Waals surface area contributed by atoms with E-state index < -0.39 is 17.7 Å². The maximum absolute atomic E-state index is 14.2. The summed E-state index contributed by atoms with van der Waals surface area (Å²) in [6, 6.07) is 6.81. The van der Waals surface area contributed by atoms with E-state index in [2.05, 4.69) is 21.2 Å². The molecule has 1 nitrogen and oxygen atoms in total. The predicted octanol–water partition coefficient (Wildman–Crippen LogP) is 5.73. The standard InChI is InChI=1S/C15H12BrCl2F2N/c1-2-21-15(8-3-4-11(17)12(18)5-8)9-6-14(20)10(16)7-13(9)19/h3-7,15,21H,2H2,1H3. The van der Waals surface area contributed by atoms with Crippen LogP contribution in [-0.2, 0) is 0 Å². The summed E-state index contributed by atoms with van der Waals surface area (Å²) < 4.78 is 28.0. The summed E-state index contributed by atoms with van der Waals surface area (Å²) in [5.74, 6) is -1.02. The van der Waals surface area contributed by atoms with Gasteiger partial charge >= 0.3 is 0 Å². The van der Waals surface area contributed by atoms with Gasteiger partial charge in [0.25, 0.3) is 0 Å². The second-order valence-corrected chi connectivity index (χ2v) is 6.12. The highest BCUT2D eigenvalue weighted by molar-refractivity contribution is 9.10. The van der Waals surface area contributed by atoms with Gasteiger partial charge < -0.3 is 5.32 Å². The quantitative estimate of drug-likeness (QED) is 0.652. The van der Waals surface area contributed by atoms with Gasteiger partial charge in [0.2, 0.25) is 0 Å². The number of hydrogen-bond acceptors (Lipinski definition) is 1. The lowest BCUT2D eigenvalue weighted by atomic mass is 9.98. The molecule has 112 valence electrons. The molecule has 0 amide bonds. The zero-order valence-corrected chi connectivity index (χ0v) is 14.2. The lowest BCUT2D eigenvalue weighted by Crippen LogP contribution is -2.23. The summed E-state index contributed by atoms with van der Waals surface area (Å²) in [5.41, 5.74) is 0.933. The van der Waals surface area contributed by atoms with Crippen molar-refractivity contribution < 1.29 is 8.78 Å². The Labute approximate surface area is 140 Å². The number of halogens is 5. The first-order valence-corrected chi connectivity index (χ1v) is 7.81. The molecule has 0 spiro atoms. The summed E-state index contributed by atoms with van der Waals surface area (Å²) in [5, 5.41) is 3.91. The summed E-state index contributed by atoms with van der Waals surface area (Å²) in [6.45, 7) is 2.47. The average Bonchev–Trinajstić information content (AvgIpc) is 2.44. The summed E-state index contributed by atoms with van der Waals surface area (Å²) in [7, 11) is 0. The summed E-state index contributed by atoms with van der Waals surface area (Å²) in [6.07, 6.45) is 0. The molecular weight excluding hydrogens is 383 g/mol. The molecule has 0 radical (unpaired) electrons. The predicted molar refractivity (Wildman–Crippen MR) is 86.0 cm³/mol. The van der Waals surface area contributed by atoms with Gasteiger partial charge in [0.1, 0.15) is 11.6 Å². The van der Waals surface area contributed by atoms with Crippen LogP contribution in [0.1, 0.15) is 24.1 Å². The fraction of sp³-hybridized carbons (Fsp3) is 0.200. The first-order chi connectivity index (χ1) is 9.93. The summed E-state index contributed by atoms with van der Waals surface area (Å²) in [4.78, 5) is 0. The van der Waals surface area contributed by atoms with E-state index in [1.165, 1.54) is 6.07 Å². The minimum Gasteiger partial charge on any atom is -0.306 e. The lowest BCUT2D eigenvalue weighted by molar-refractivity contribution is 0.542. The molecule has 0 aliphatic carbocycles. The second-order valence-electron chi connectivity index (χ2n) is 4.45. The van der Waals surface area contributed by atoms with E-state index in [9.17, 15) is 8.78 Å². The molecule has 6 heteroatoms. The Morgan fingerprint density at radius 3 is 2.43 bits per heavy atom. The molecule has 0 bridgehead atoms. The molecule has 0 aliphatic heterocycles. The molecule has 1 atom stereocenters. The fourth-order valence-electron chi connectivity index (χ4n) is 2.06. The fourth-order valence-corrected chi connectivity index (χ4v) is 2.68. The van der Waals surface area contributed by atoms with E-state index in [1.807, 2.05) is 6.92 Å². The average molecular weight is 395 g/mol. The Morgan fingerprint density at radius 1 is 1.10 bits per heavy atom. The number of nitrogens with one attached hydrogen (secondary N) is 1. The smallest absolute Gasteiger partial charge is 0.137 e. The van der Waals surface area contributed by atoms with E-state index in [0.717, 1.165) is 6.07 Å². The van der Waals surface area contributed by atoms with Gasteiger partial charge in [0.05, 0.1) is 20.6 Å². The molecule has 0 saturated heterocycles. The van der Waals surface area contributed by atoms with Gasteiger partial charge in [-0.25, -0.2) is 8.78 Å². The van der Waals surface area contributed by atoms with Crippen molar-refractivity contribution in [1.82, 2.24) is 5.32 Å². The van der Waals surface area contributed by atoms with Crippen LogP contribution in [-0.4, -0.2) is 6.54 Å². The van der Waals surface area contributed by atoms with Crippen LogP contribution in [0.4, 0.5) is 8.78 Å². The third-order valence-electron chi connectivity index (χ3n) is 3.04. The first-order valence-electron chi connectivity index (χ1n) is 6.26. The van der Waals surface area contributed by atoms with Crippen LogP contribution in [0, 0.1) is 11.6 Å². The first kappa shape index (κ1) is 16.7. The number of benzene rings is 2. The molecule has 2 rings (SSSR count). The maximum Gasteiger partial charge on any atom is 0.137 e. The molecule has 2 aromatic carbocycles. The van der Waals surface area contributed by atoms with Crippen molar-refractivity contribution in [3.8, 4) is 0 Å². The lowest BCUT2D eigenvalue weighted by Gasteiger charge is -2.20. The zero-order chi connectivity index (χ0) is 15.6. The minimum atomic E-state index is -0.519. The van der Waals surface area contributed by atoms with Gasteiger partial charge in [0, 0.05) is 5.56 Å². The van der Waals surface area contributed by atoms with Crippen LogP contribution in [0.15, 0.2) is 34.8 Å². The van der Waals surface area contributed by atoms with E-state index in [4.69, 9.17) is 23.2 Å². The Balaban J connectivity index is 2.52. The maximum atomic E-state index is 14.2. The normalized spacial score (nSPS) is 12.5. The van der Waals surface area contributed by atoms with Crippen LogP contribution < -0.4 is 5.32 Å². The molecule has 0 aromatic heterocycles. The van der Waals surface area contributed by atoms with Crippen molar-refractivity contribution in [3.05, 3.63) is 67.6 Å². The molecule has 1 N–H and O–H groups in total. The van der Waals surface area contributed by atoms with E-state index >= 15 is 0 Å². The van der Waals surface area contributed by atoms with Crippen LogP contribution in [0.2, 0.25) is 10.0 Å². The topological polar surface area (TPSA) is 12.0 Å². The monoisotopic (exact) mass is 393 g/mol. The van der Waals surface area contributed by atoms with Gasteiger partial charge in [-0.3, -0.25) is 0 Å². The van der Waals surface area contributed by atoms with E-state index in [0.29, 0.717) is 22.2 Å².